The number of nitrogens with zero attached hydrogens (tertiary/aromatic N) is 6. The van der Waals surface area contributed by atoms with Crippen LogP contribution >= 0.6 is 0 Å². The Morgan fingerprint density at radius 2 is 1.70 bits per heavy atom. The zero-order chi connectivity index (χ0) is 19.0. The van der Waals surface area contributed by atoms with Crippen LogP contribution in [0.25, 0.3) is 17.1 Å². The Morgan fingerprint density at radius 3 is 2.41 bits per heavy atom. The average Bonchev–Trinajstić information content (AvgIpc) is 3.15. The smallest absolute Gasteiger partial charge is 0.157 e. The molecule has 3 aromatic heterocycles. The van der Waals surface area contributed by atoms with E-state index in [9.17, 15) is 0 Å². The van der Waals surface area contributed by atoms with Crippen molar-refractivity contribution in [1.82, 2.24) is 29.5 Å². The SMILES string of the molecule is Cc1cc(C)n(-c2cc(Cc3c(C)c(-c4ccccc4)nn3C)ncn2)n1. The maximum Gasteiger partial charge on any atom is 0.157 e. The topological polar surface area (TPSA) is 61.4 Å². The second-order valence-electron chi connectivity index (χ2n) is 6.79. The molecule has 0 saturated heterocycles. The van der Waals surface area contributed by atoms with E-state index in [4.69, 9.17) is 5.10 Å². The first-order valence-corrected chi connectivity index (χ1v) is 8.95. The standard InChI is InChI=1S/C21H22N6/c1-14-10-15(2)27(24-14)20-12-18(22-13-23-20)11-19-16(3)21(25-26(19)4)17-8-6-5-7-9-17/h5-10,12-13H,11H2,1-4H3. The van der Waals surface area contributed by atoms with Gasteiger partial charge in [-0.2, -0.15) is 10.2 Å². The summed E-state index contributed by atoms with van der Waals surface area (Å²) in [5.74, 6) is 0.786. The fourth-order valence-electron chi connectivity index (χ4n) is 3.41. The second kappa shape index (κ2) is 6.79. The molecule has 0 aliphatic rings. The van der Waals surface area contributed by atoms with Crippen LogP contribution in [-0.2, 0) is 13.5 Å². The summed E-state index contributed by atoms with van der Waals surface area (Å²) in [6.07, 6.45) is 2.29. The lowest BCUT2D eigenvalue weighted by atomic mass is 10.0. The van der Waals surface area contributed by atoms with E-state index in [1.165, 1.54) is 5.56 Å². The number of hydrogen-bond acceptors (Lipinski definition) is 4. The maximum absolute atomic E-state index is 4.73. The first-order chi connectivity index (χ1) is 13.0. The Labute approximate surface area is 158 Å². The molecule has 0 radical (unpaired) electrons. The Hall–Kier alpha value is -3.28. The first-order valence-electron chi connectivity index (χ1n) is 8.95. The van der Waals surface area contributed by atoms with Crippen LogP contribution in [0, 0.1) is 20.8 Å². The molecule has 3 heterocycles. The van der Waals surface area contributed by atoms with Gasteiger partial charge < -0.3 is 0 Å². The highest BCUT2D eigenvalue weighted by molar-refractivity contribution is 5.63. The van der Waals surface area contributed by atoms with E-state index in [1.54, 1.807) is 6.33 Å². The molecule has 0 fully saturated rings. The largest absolute Gasteiger partial charge is 0.271 e. The van der Waals surface area contributed by atoms with E-state index in [0.29, 0.717) is 6.42 Å². The minimum atomic E-state index is 0.691. The molecule has 4 aromatic rings. The van der Waals surface area contributed by atoms with Crippen LogP contribution < -0.4 is 0 Å². The minimum Gasteiger partial charge on any atom is -0.271 e. The van der Waals surface area contributed by atoms with E-state index >= 15 is 0 Å². The molecule has 0 aliphatic heterocycles. The summed E-state index contributed by atoms with van der Waals surface area (Å²) in [6.45, 7) is 6.13. The van der Waals surface area contributed by atoms with Crippen molar-refractivity contribution < 1.29 is 0 Å². The van der Waals surface area contributed by atoms with Gasteiger partial charge in [-0.3, -0.25) is 4.68 Å². The van der Waals surface area contributed by atoms with E-state index in [1.807, 2.05) is 60.6 Å². The lowest BCUT2D eigenvalue weighted by Gasteiger charge is -2.07. The fraction of sp³-hybridized carbons (Fsp3) is 0.238. The van der Waals surface area contributed by atoms with Gasteiger partial charge in [0.25, 0.3) is 0 Å². The molecule has 0 spiro atoms. The lowest BCUT2D eigenvalue weighted by Crippen LogP contribution is -2.06. The molecule has 0 saturated carbocycles. The zero-order valence-corrected chi connectivity index (χ0v) is 16.0. The first kappa shape index (κ1) is 17.1. The monoisotopic (exact) mass is 358 g/mol. The number of hydrogen-bond donors (Lipinski definition) is 0. The number of aromatic nitrogens is 6. The van der Waals surface area contributed by atoms with Crippen molar-refractivity contribution in [2.75, 3.05) is 0 Å². The van der Waals surface area contributed by atoms with Crippen LogP contribution in [0.2, 0.25) is 0 Å². The molecular formula is C21H22N6. The van der Waals surface area contributed by atoms with Gasteiger partial charge in [0.2, 0.25) is 0 Å². The van der Waals surface area contributed by atoms with Crippen LogP contribution in [0.4, 0.5) is 0 Å². The molecule has 136 valence electrons. The average molecular weight is 358 g/mol. The predicted molar refractivity (Wildman–Crippen MR) is 105 cm³/mol. The normalized spacial score (nSPS) is 11.1. The third-order valence-electron chi connectivity index (χ3n) is 4.76. The minimum absolute atomic E-state index is 0.691. The van der Waals surface area contributed by atoms with Gasteiger partial charge in [-0.1, -0.05) is 30.3 Å². The van der Waals surface area contributed by atoms with Gasteiger partial charge in [0.1, 0.15) is 6.33 Å². The van der Waals surface area contributed by atoms with E-state index in [2.05, 4.69) is 34.1 Å². The Bertz CT molecular complexity index is 1090. The molecule has 6 heteroatoms. The van der Waals surface area contributed by atoms with Gasteiger partial charge in [-0.05, 0) is 32.4 Å². The summed E-state index contributed by atoms with van der Waals surface area (Å²) in [4.78, 5) is 8.86. The summed E-state index contributed by atoms with van der Waals surface area (Å²) in [5.41, 5.74) is 7.44. The highest BCUT2D eigenvalue weighted by Crippen LogP contribution is 2.25. The molecule has 4 rings (SSSR count). The second-order valence-corrected chi connectivity index (χ2v) is 6.79. The van der Waals surface area contributed by atoms with E-state index in [0.717, 1.165) is 39.9 Å². The highest BCUT2D eigenvalue weighted by Gasteiger charge is 2.15. The molecule has 0 N–H and O–H groups in total. The molecule has 6 nitrogen and oxygen atoms in total. The van der Waals surface area contributed by atoms with Crippen molar-refractivity contribution in [3.63, 3.8) is 0 Å². The molecule has 27 heavy (non-hydrogen) atoms. The predicted octanol–water partition coefficient (Wildman–Crippen LogP) is 3.58. The van der Waals surface area contributed by atoms with Gasteiger partial charge in [0.05, 0.1) is 17.1 Å². The van der Waals surface area contributed by atoms with Gasteiger partial charge in [-0.15, -0.1) is 0 Å². The summed E-state index contributed by atoms with van der Waals surface area (Å²) in [6, 6.07) is 14.3. The Kier molecular flexibility index (Phi) is 4.32. The fourth-order valence-corrected chi connectivity index (χ4v) is 3.41. The van der Waals surface area contributed by atoms with Gasteiger partial charge in [0, 0.05) is 36.5 Å². The Balaban J connectivity index is 1.68. The van der Waals surface area contributed by atoms with Crippen molar-refractivity contribution in [2.24, 2.45) is 7.05 Å². The number of rotatable bonds is 4. The number of benzene rings is 1. The van der Waals surface area contributed by atoms with Crippen LogP contribution in [-0.4, -0.2) is 29.5 Å². The Morgan fingerprint density at radius 1 is 0.926 bits per heavy atom. The van der Waals surface area contributed by atoms with Crippen molar-refractivity contribution in [1.29, 1.82) is 0 Å². The van der Waals surface area contributed by atoms with Crippen molar-refractivity contribution >= 4 is 0 Å². The summed E-state index contributed by atoms with van der Waals surface area (Å²) < 4.78 is 3.80. The summed E-state index contributed by atoms with van der Waals surface area (Å²) in [7, 11) is 1.98. The molecule has 1 aromatic carbocycles. The zero-order valence-electron chi connectivity index (χ0n) is 16.0. The molecule has 0 atom stereocenters. The lowest BCUT2D eigenvalue weighted by molar-refractivity contribution is 0.718. The third kappa shape index (κ3) is 3.26. The van der Waals surface area contributed by atoms with Crippen molar-refractivity contribution in [2.45, 2.75) is 27.2 Å². The third-order valence-corrected chi connectivity index (χ3v) is 4.76. The molecular weight excluding hydrogens is 336 g/mol. The maximum atomic E-state index is 4.73. The quantitative estimate of drug-likeness (QED) is 0.559. The molecule has 0 bridgehead atoms. The number of aryl methyl sites for hydroxylation is 3. The summed E-state index contributed by atoms with van der Waals surface area (Å²) >= 11 is 0. The highest BCUT2D eigenvalue weighted by atomic mass is 15.3. The molecule has 0 unspecified atom stereocenters. The van der Waals surface area contributed by atoms with Gasteiger partial charge in [0.15, 0.2) is 5.82 Å². The van der Waals surface area contributed by atoms with Crippen LogP contribution in [0.1, 0.15) is 28.3 Å². The van der Waals surface area contributed by atoms with Gasteiger partial charge >= 0.3 is 0 Å². The van der Waals surface area contributed by atoms with Crippen LogP contribution in [0.3, 0.4) is 0 Å². The van der Waals surface area contributed by atoms with E-state index in [-0.39, 0.29) is 0 Å². The van der Waals surface area contributed by atoms with Crippen molar-refractivity contribution in [3.05, 3.63) is 77.1 Å². The van der Waals surface area contributed by atoms with Crippen LogP contribution in [0.15, 0.2) is 48.8 Å². The summed E-state index contributed by atoms with van der Waals surface area (Å²) in [5, 5.41) is 9.25. The molecule has 0 amide bonds. The van der Waals surface area contributed by atoms with E-state index < -0.39 is 0 Å². The van der Waals surface area contributed by atoms with Gasteiger partial charge in [-0.25, -0.2) is 14.6 Å². The van der Waals surface area contributed by atoms with Crippen molar-refractivity contribution in [3.8, 4) is 17.1 Å². The van der Waals surface area contributed by atoms with Crippen LogP contribution in [0.5, 0.6) is 0 Å². The molecule has 0 aliphatic carbocycles.